The Kier molecular flexibility index (Phi) is 5.14. The van der Waals surface area contributed by atoms with Gasteiger partial charge in [-0.25, -0.2) is 9.97 Å². The first kappa shape index (κ1) is 15.3. The van der Waals surface area contributed by atoms with Crippen molar-refractivity contribution in [3.05, 3.63) is 36.2 Å². The van der Waals surface area contributed by atoms with E-state index in [0.29, 0.717) is 0 Å². The molecule has 0 aliphatic carbocycles. The lowest BCUT2D eigenvalue weighted by Gasteiger charge is -2.17. The van der Waals surface area contributed by atoms with Crippen molar-refractivity contribution in [1.29, 1.82) is 0 Å². The van der Waals surface area contributed by atoms with Crippen LogP contribution in [0.5, 0.6) is 5.75 Å². The van der Waals surface area contributed by atoms with E-state index in [9.17, 15) is 0 Å². The van der Waals surface area contributed by atoms with E-state index in [1.807, 2.05) is 32.0 Å². The van der Waals surface area contributed by atoms with Crippen LogP contribution in [0, 0.1) is 0 Å². The molecule has 4 nitrogen and oxygen atoms in total. The van der Waals surface area contributed by atoms with E-state index in [1.165, 1.54) is 0 Å². The number of nitrogens with zero attached hydrogens (tertiary/aromatic N) is 2. The monoisotopic (exact) mass is 285 g/mol. The second-order valence-corrected chi connectivity index (χ2v) is 5.10. The van der Waals surface area contributed by atoms with Crippen molar-refractivity contribution in [2.24, 2.45) is 0 Å². The maximum atomic E-state index is 5.92. The van der Waals surface area contributed by atoms with E-state index < -0.39 is 0 Å². The van der Waals surface area contributed by atoms with E-state index in [0.717, 1.165) is 41.4 Å². The van der Waals surface area contributed by atoms with Gasteiger partial charge in [-0.1, -0.05) is 19.1 Å². The average molecular weight is 285 g/mol. The highest BCUT2D eigenvalue weighted by atomic mass is 16.5. The number of hydrogen-bond acceptors (Lipinski definition) is 4. The van der Waals surface area contributed by atoms with Crippen LogP contribution in [0.1, 0.15) is 33.3 Å². The van der Waals surface area contributed by atoms with Crippen molar-refractivity contribution in [3.63, 3.8) is 0 Å². The van der Waals surface area contributed by atoms with Crippen molar-refractivity contribution >= 4 is 5.82 Å². The summed E-state index contributed by atoms with van der Waals surface area (Å²) in [7, 11) is 0. The molecule has 1 aromatic carbocycles. The van der Waals surface area contributed by atoms with Crippen LogP contribution in [0.2, 0.25) is 0 Å². The fourth-order valence-electron chi connectivity index (χ4n) is 2.32. The summed E-state index contributed by atoms with van der Waals surface area (Å²) in [6, 6.07) is 8.04. The molecule has 0 fully saturated rings. The van der Waals surface area contributed by atoms with Crippen LogP contribution in [-0.4, -0.2) is 22.6 Å². The Labute approximate surface area is 126 Å². The summed E-state index contributed by atoms with van der Waals surface area (Å²) < 4.78 is 5.92. The highest BCUT2D eigenvalue weighted by molar-refractivity contribution is 5.73. The average Bonchev–Trinajstić information content (AvgIpc) is 2.47. The summed E-state index contributed by atoms with van der Waals surface area (Å²) >= 11 is 0. The summed E-state index contributed by atoms with van der Waals surface area (Å²) in [6.45, 7) is 9.09. The number of rotatable bonds is 6. The third-order valence-corrected chi connectivity index (χ3v) is 3.15. The molecule has 0 unspecified atom stereocenters. The van der Waals surface area contributed by atoms with Gasteiger partial charge in [0, 0.05) is 17.7 Å². The van der Waals surface area contributed by atoms with Gasteiger partial charge in [0.2, 0.25) is 0 Å². The molecule has 0 bridgehead atoms. The lowest BCUT2D eigenvalue weighted by molar-refractivity contribution is 0.243. The lowest BCUT2D eigenvalue weighted by atomic mass is 10.0. The van der Waals surface area contributed by atoms with Crippen LogP contribution in [0.3, 0.4) is 0 Å². The Balaban J connectivity index is 2.54. The number of para-hydroxylation sites is 1. The van der Waals surface area contributed by atoms with Gasteiger partial charge in [0.05, 0.1) is 11.8 Å². The fourth-order valence-corrected chi connectivity index (χ4v) is 2.32. The van der Waals surface area contributed by atoms with Crippen molar-refractivity contribution in [3.8, 4) is 17.0 Å². The fraction of sp³-hybridized carbons (Fsp3) is 0.412. The summed E-state index contributed by atoms with van der Waals surface area (Å²) in [4.78, 5) is 8.85. The molecule has 0 saturated heterocycles. The van der Waals surface area contributed by atoms with Crippen LogP contribution in [-0.2, 0) is 6.42 Å². The molecule has 0 spiro atoms. The third kappa shape index (κ3) is 3.51. The van der Waals surface area contributed by atoms with Crippen LogP contribution in [0.4, 0.5) is 5.82 Å². The van der Waals surface area contributed by atoms with Gasteiger partial charge in [0.1, 0.15) is 17.9 Å². The predicted molar refractivity (Wildman–Crippen MR) is 86.8 cm³/mol. The van der Waals surface area contributed by atoms with Crippen LogP contribution in [0.15, 0.2) is 30.6 Å². The first-order valence-corrected chi connectivity index (χ1v) is 7.51. The minimum atomic E-state index is 0.131. The highest BCUT2D eigenvalue weighted by Gasteiger charge is 2.15. The normalized spacial score (nSPS) is 10.7. The minimum absolute atomic E-state index is 0.131. The van der Waals surface area contributed by atoms with Gasteiger partial charge in [-0.05, 0) is 39.3 Å². The number of benzene rings is 1. The largest absolute Gasteiger partial charge is 0.490 e. The quantitative estimate of drug-likeness (QED) is 0.873. The van der Waals surface area contributed by atoms with E-state index in [-0.39, 0.29) is 6.10 Å². The Morgan fingerprint density at radius 3 is 2.57 bits per heavy atom. The first-order chi connectivity index (χ1) is 10.2. The zero-order chi connectivity index (χ0) is 15.2. The number of anilines is 1. The lowest BCUT2D eigenvalue weighted by Crippen LogP contribution is -2.09. The highest BCUT2D eigenvalue weighted by Crippen LogP contribution is 2.33. The van der Waals surface area contributed by atoms with Crippen LogP contribution >= 0.6 is 0 Å². The third-order valence-electron chi connectivity index (χ3n) is 3.15. The van der Waals surface area contributed by atoms with E-state index >= 15 is 0 Å². The van der Waals surface area contributed by atoms with Gasteiger partial charge >= 0.3 is 0 Å². The van der Waals surface area contributed by atoms with Crippen molar-refractivity contribution in [2.45, 2.75) is 40.2 Å². The molecule has 2 aromatic rings. The zero-order valence-electron chi connectivity index (χ0n) is 13.2. The standard InChI is InChI=1S/C17H23N3O/c1-5-13-16(19-11-20-17(13)18-6-2)14-9-7-8-10-15(14)21-12(3)4/h7-12H,5-6H2,1-4H3,(H,18,19,20). The molecule has 0 atom stereocenters. The molecule has 0 amide bonds. The van der Waals surface area contributed by atoms with Gasteiger partial charge in [0.15, 0.2) is 0 Å². The Morgan fingerprint density at radius 2 is 1.90 bits per heavy atom. The van der Waals surface area contributed by atoms with Crippen molar-refractivity contribution in [2.75, 3.05) is 11.9 Å². The maximum Gasteiger partial charge on any atom is 0.133 e. The van der Waals surface area contributed by atoms with Gasteiger partial charge < -0.3 is 10.1 Å². The molecule has 112 valence electrons. The molecule has 0 aliphatic rings. The summed E-state index contributed by atoms with van der Waals surface area (Å²) in [5.41, 5.74) is 3.09. The number of aromatic nitrogens is 2. The molecule has 1 N–H and O–H groups in total. The number of nitrogens with one attached hydrogen (secondary N) is 1. The maximum absolute atomic E-state index is 5.92. The number of hydrogen-bond donors (Lipinski definition) is 1. The molecule has 1 heterocycles. The minimum Gasteiger partial charge on any atom is -0.490 e. The first-order valence-electron chi connectivity index (χ1n) is 7.51. The molecular formula is C17H23N3O. The summed E-state index contributed by atoms with van der Waals surface area (Å²) in [6.07, 6.45) is 2.61. The second kappa shape index (κ2) is 7.07. The molecular weight excluding hydrogens is 262 g/mol. The van der Waals surface area contributed by atoms with E-state index in [4.69, 9.17) is 4.74 Å². The summed E-state index contributed by atoms with van der Waals surface area (Å²) in [5.74, 6) is 1.77. The molecule has 0 radical (unpaired) electrons. The van der Waals surface area contributed by atoms with Gasteiger partial charge in [-0.15, -0.1) is 0 Å². The Hall–Kier alpha value is -2.10. The van der Waals surface area contributed by atoms with E-state index in [1.54, 1.807) is 6.33 Å². The second-order valence-electron chi connectivity index (χ2n) is 5.10. The smallest absolute Gasteiger partial charge is 0.133 e. The molecule has 2 rings (SSSR count). The number of ether oxygens (including phenoxy) is 1. The molecule has 0 saturated carbocycles. The Morgan fingerprint density at radius 1 is 1.14 bits per heavy atom. The SMILES string of the molecule is CCNc1ncnc(-c2ccccc2OC(C)C)c1CC. The topological polar surface area (TPSA) is 47.0 Å². The van der Waals surface area contributed by atoms with Gasteiger partial charge in [0.25, 0.3) is 0 Å². The van der Waals surface area contributed by atoms with Crippen molar-refractivity contribution < 1.29 is 4.74 Å². The van der Waals surface area contributed by atoms with Crippen LogP contribution < -0.4 is 10.1 Å². The van der Waals surface area contributed by atoms with Gasteiger partial charge in [-0.2, -0.15) is 0 Å². The Bertz CT molecular complexity index is 596. The molecule has 1 aromatic heterocycles. The predicted octanol–water partition coefficient (Wildman–Crippen LogP) is 3.93. The zero-order valence-corrected chi connectivity index (χ0v) is 13.2. The van der Waals surface area contributed by atoms with Gasteiger partial charge in [-0.3, -0.25) is 0 Å². The molecule has 0 aliphatic heterocycles. The van der Waals surface area contributed by atoms with Crippen LogP contribution in [0.25, 0.3) is 11.3 Å². The molecule has 21 heavy (non-hydrogen) atoms. The molecule has 4 heteroatoms. The summed E-state index contributed by atoms with van der Waals surface area (Å²) in [5, 5.41) is 3.31. The van der Waals surface area contributed by atoms with E-state index in [2.05, 4.69) is 35.2 Å². The van der Waals surface area contributed by atoms with Crippen molar-refractivity contribution in [1.82, 2.24) is 9.97 Å².